The van der Waals surface area contributed by atoms with Crippen LogP contribution in [0.15, 0.2) is 47.9 Å². The Bertz CT molecular complexity index is 1280. The molecule has 2 aromatic carbocycles. The first-order valence-electron chi connectivity index (χ1n) is 13.1. The molecular formula is C31H37FO6. The maximum absolute atomic E-state index is 15.2. The van der Waals surface area contributed by atoms with E-state index >= 15 is 4.39 Å². The number of fused-ring (bicyclic) bond motifs is 1. The summed E-state index contributed by atoms with van der Waals surface area (Å²) in [4.78, 5) is 10.9. The number of aliphatic carboxylic acids is 1. The summed E-state index contributed by atoms with van der Waals surface area (Å²) in [5, 5.41) is 29.5. The number of rotatable bonds is 10. The first-order chi connectivity index (χ1) is 17.8. The van der Waals surface area contributed by atoms with Crippen molar-refractivity contribution in [1.29, 1.82) is 0 Å². The Morgan fingerprint density at radius 3 is 2.53 bits per heavy atom. The van der Waals surface area contributed by atoms with Crippen molar-refractivity contribution in [1.82, 2.24) is 0 Å². The smallest absolute Gasteiger partial charge is 0.303 e. The molecule has 2 aromatic rings. The van der Waals surface area contributed by atoms with Crippen molar-refractivity contribution >= 4 is 5.97 Å². The van der Waals surface area contributed by atoms with Crippen molar-refractivity contribution < 1.29 is 34.0 Å². The molecule has 0 amide bonds. The number of benzene rings is 2. The number of hydrogen-bond acceptors (Lipinski definition) is 5. The quantitative estimate of drug-likeness (QED) is 0.314. The number of aliphatic hydroxyl groups excluding tert-OH is 1. The number of hydrogen-bond donors (Lipinski definition) is 3. The van der Waals surface area contributed by atoms with Crippen molar-refractivity contribution in [3.63, 3.8) is 0 Å². The van der Waals surface area contributed by atoms with E-state index < -0.39 is 23.1 Å². The summed E-state index contributed by atoms with van der Waals surface area (Å²) in [6.07, 6.45) is 5.07. The van der Waals surface area contributed by atoms with E-state index in [0.29, 0.717) is 42.8 Å². The van der Waals surface area contributed by atoms with E-state index in [4.69, 9.17) is 14.6 Å². The number of carboxylic acids is 1. The lowest BCUT2D eigenvalue weighted by Crippen LogP contribution is -2.27. The van der Waals surface area contributed by atoms with Crippen molar-refractivity contribution in [3.8, 4) is 16.9 Å². The van der Waals surface area contributed by atoms with Gasteiger partial charge in [0, 0.05) is 23.5 Å². The lowest BCUT2D eigenvalue weighted by Gasteiger charge is -2.22. The van der Waals surface area contributed by atoms with Crippen LogP contribution in [0.5, 0.6) is 5.75 Å². The van der Waals surface area contributed by atoms with Crippen LogP contribution in [-0.2, 0) is 16.0 Å². The highest BCUT2D eigenvalue weighted by molar-refractivity contribution is 5.76. The van der Waals surface area contributed by atoms with Gasteiger partial charge in [0.25, 0.3) is 0 Å². The summed E-state index contributed by atoms with van der Waals surface area (Å²) in [5.74, 6) is 0.0953. The Labute approximate surface area is 223 Å². The van der Waals surface area contributed by atoms with Crippen LogP contribution < -0.4 is 4.74 Å². The highest BCUT2D eigenvalue weighted by atomic mass is 19.1. The predicted molar refractivity (Wildman–Crippen MR) is 144 cm³/mol. The van der Waals surface area contributed by atoms with Gasteiger partial charge in [0.15, 0.2) is 0 Å². The number of carbonyl (C=O) groups is 1. The van der Waals surface area contributed by atoms with Gasteiger partial charge >= 0.3 is 5.97 Å². The second-order valence-corrected chi connectivity index (χ2v) is 11.4. The number of aryl methyl sites for hydroxylation is 2. The van der Waals surface area contributed by atoms with Gasteiger partial charge in [-0.3, -0.25) is 4.79 Å². The van der Waals surface area contributed by atoms with Crippen LogP contribution in [0, 0.1) is 25.1 Å². The van der Waals surface area contributed by atoms with Gasteiger partial charge in [0.05, 0.1) is 5.60 Å². The van der Waals surface area contributed by atoms with E-state index in [0.717, 1.165) is 27.8 Å². The van der Waals surface area contributed by atoms with Crippen molar-refractivity contribution in [2.24, 2.45) is 5.41 Å². The van der Waals surface area contributed by atoms with Crippen LogP contribution in [-0.4, -0.2) is 33.5 Å². The van der Waals surface area contributed by atoms with Gasteiger partial charge in [-0.2, -0.15) is 0 Å². The second kappa shape index (κ2) is 10.4. The zero-order chi connectivity index (χ0) is 27.8. The lowest BCUT2D eigenvalue weighted by molar-refractivity contribution is -0.137. The van der Waals surface area contributed by atoms with E-state index in [9.17, 15) is 15.0 Å². The van der Waals surface area contributed by atoms with Crippen LogP contribution >= 0.6 is 0 Å². The summed E-state index contributed by atoms with van der Waals surface area (Å²) in [7, 11) is 0. The topological polar surface area (TPSA) is 96.2 Å². The molecule has 38 heavy (non-hydrogen) atoms. The third kappa shape index (κ3) is 5.88. The summed E-state index contributed by atoms with van der Waals surface area (Å²) < 4.78 is 27.2. The predicted octanol–water partition coefficient (Wildman–Crippen LogP) is 6.86. The van der Waals surface area contributed by atoms with Crippen LogP contribution in [0.3, 0.4) is 0 Å². The van der Waals surface area contributed by atoms with E-state index in [1.54, 1.807) is 19.9 Å². The Morgan fingerprint density at radius 1 is 1.21 bits per heavy atom. The summed E-state index contributed by atoms with van der Waals surface area (Å²) in [6.45, 7) is 9.41. The third-order valence-corrected chi connectivity index (χ3v) is 7.34. The molecule has 4 rings (SSSR count). The average Bonchev–Trinajstić information content (AvgIpc) is 3.34. The molecule has 2 aliphatic carbocycles. The Morgan fingerprint density at radius 2 is 1.89 bits per heavy atom. The SMILES string of the molecule is Cc1cc(OCC(C)(C)O)cc(C)c1-c1ccc(F)c2c1CC[C@H]2OC1=CC(C)(CCCC(=O)O)C(O)=C1. The maximum Gasteiger partial charge on any atom is 0.303 e. The zero-order valence-corrected chi connectivity index (χ0v) is 22.7. The van der Waals surface area contributed by atoms with E-state index in [1.807, 2.05) is 45.0 Å². The van der Waals surface area contributed by atoms with Crippen molar-refractivity contribution in [2.75, 3.05) is 6.61 Å². The van der Waals surface area contributed by atoms with Crippen molar-refractivity contribution in [2.45, 2.75) is 78.4 Å². The molecule has 0 fully saturated rings. The van der Waals surface area contributed by atoms with Gasteiger partial charge in [0.1, 0.15) is 35.8 Å². The minimum absolute atomic E-state index is 0.0300. The fourth-order valence-corrected chi connectivity index (χ4v) is 5.49. The van der Waals surface area contributed by atoms with Gasteiger partial charge in [-0.15, -0.1) is 0 Å². The molecule has 0 radical (unpaired) electrons. The number of halogens is 1. The summed E-state index contributed by atoms with van der Waals surface area (Å²) in [6, 6.07) is 7.19. The number of aliphatic hydroxyl groups is 2. The Hall–Kier alpha value is -3.32. The molecule has 1 unspecified atom stereocenters. The monoisotopic (exact) mass is 524 g/mol. The number of ether oxygens (including phenoxy) is 2. The van der Waals surface area contributed by atoms with E-state index in [-0.39, 0.29) is 24.6 Å². The van der Waals surface area contributed by atoms with E-state index in [1.165, 1.54) is 6.07 Å². The van der Waals surface area contributed by atoms with Crippen LogP contribution in [0.1, 0.15) is 74.8 Å². The minimum atomic E-state index is -0.941. The summed E-state index contributed by atoms with van der Waals surface area (Å²) >= 11 is 0. The van der Waals surface area contributed by atoms with Gasteiger partial charge in [-0.25, -0.2) is 4.39 Å². The van der Waals surface area contributed by atoms with Crippen LogP contribution in [0.25, 0.3) is 11.1 Å². The van der Waals surface area contributed by atoms with Gasteiger partial charge in [-0.05, 0) is 112 Å². The molecule has 2 atom stereocenters. The van der Waals surface area contributed by atoms with E-state index in [2.05, 4.69) is 0 Å². The molecule has 0 saturated carbocycles. The molecule has 0 aromatic heterocycles. The molecule has 7 heteroatoms. The molecule has 0 aliphatic heterocycles. The van der Waals surface area contributed by atoms with Gasteiger partial charge < -0.3 is 24.8 Å². The molecule has 0 heterocycles. The molecule has 0 bridgehead atoms. The first-order valence-corrected chi connectivity index (χ1v) is 13.1. The molecule has 2 aliphatic rings. The maximum atomic E-state index is 15.2. The molecular weight excluding hydrogens is 487 g/mol. The van der Waals surface area contributed by atoms with Crippen molar-refractivity contribution in [3.05, 3.63) is 76.0 Å². The highest BCUT2D eigenvalue weighted by Crippen LogP contribution is 2.46. The molecule has 3 N–H and O–H groups in total. The molecule has 6 nitrogen and oxygen atoms in total. The normalized spacial score (nSPS) is 20.7. The molecule has 0 saturated heterocycles. The Kier molecular flexibility index (Phi) is 7.62. The summed E-state index contributed by atoms with van der Waals surface area (Å²) in [5.41, 5.74) is 3.81. The standard InChI is InChI=1S/C31H37FO6/c1-18-13-20(37-17-30(3,4)36)14-19(2)28(18)22-8-10-24(32)29-23(22)9-11-25(29)38-21-15-26(33)31(5,16-21)12-6-7-27(34)35/h8,10,13-16,25,33,36H,6-7,9,11-12,17H2,1-5H3,(H,34,35)/t25-,31?/m1/s1. The van der Waals surface area contributed by atoms with Crippen LogP contribution in [0.2, 0.25) is 0 Å². The van der Waals surface area contributed by atoms with Crippen LogP contribution in [0.4, 0.5) is 4.39 Å². The number of allylic oxidation sites excluding steroid dienone is 2. The third-order valence-electron chi connectivity index (χ3n) is 7.34. The average molecular weight is 525 g/mol. The fourth-order valence-electron chi connectivity index (χ4n) is 5.49. The molecule has 0 spiro atoms. The Balaban J connectivity index is 1.59. The minimum Gasteiger partial charge on any atom is -0.511 e. The fraction of sp³-hybridized carbons (Fsp3) is 0.452. The second-order valence-electron chi connectivity index (χ2n) is 11.4. The number of carboxylic acid groups (broad SMARTS) is 1. The highest BCUT2D eigenvalue weighted by Gasteiger charge is 2.36. The molecule has 204 valence electrons. The zero-order valence-electron chi connectivity index (χ0n) is 22.7. The largest absolute Gasteiger partial charge is 0.511 e. The first kappa shape index (κ1) is 27.7. The van der Waals surface area contributed by atoms with Gasteiger partial charge in [-0.1, -0.05) is 6.07 Å². The lowest BCUT2D eigenvalue weighted by atomic mass is 9.85. The van der Waals surface area contributed by atoms with Gasteiger partial charge in [0.2, 0.25) is 0 Å².